The zero-order chi connectivity index (χ0) is 16.8. The first-order valence-corrected chi connectivity index (χ1v) is 7.98. The van der Waals surface area contributed by atoms with Crippen molar-refractivity contribution in [2.24, 2.45) is 0 Å². The van der Waals surface area contributed by atoms with Gasteiger partial charge in [-0.25, -0.2) is 4.98 Å². The molecule has 2 heterocycles. The first-order chi connectivity index (χ1) is 11.7. The summed E-state index contributed by atoms with van der Waals surface area (Å²) >= 11 is 0. The Bertz CT molecular complexity index is 774. The van der Waals surface area contributed by atoms with E-state index < -0.39 is 0 Å². The van der Waals surface area contributed by atoms with E-state index in [1.165, 1.54) is 5.56 Å². The lowest BCUT2D eigenvalue weighted by Gasteiger charge is -2.19. The van der Waals surface area contributed by atoms with Crippen molar-refractivity contribution in [1.29, 1.82) is 0 Å². The molecule has 0 fully saturated rings. The van der Waals surface area contributed by atoms with Crippen LogP contribution in [0.3, 0.4) is 0 Å². The molecule has 5 heteroatoms. The molecule has 0 aliphatic rings. The second kappa shape index (κ2) is 7.55. The number of aromatic nitrogens is 3. The number of anilines is 3. The molecule has 0 aliphatic heterocycles. The zero-order valence-corrected chi connectivity index (χ0v) is 14.0. The Balaban J connectivity index is 1.70. The van der Waals surface area contributed by atoms with Gasteiger partial charge in [0.2, 0.25) is 5.95 Å². The fourth-order valence-corrected chi connectivity index (χ4v) is 2.41. The highest BCUT2D eigenvalue weighted by atomic mass is 15.2. The van der Waals surface area contributed by atoms with Gasteiger partial charge in [-0.2, -0.15) is 4.98 Å². The second-order valence-corrected chi connectivity index (χ2v) is 5.71. The highest BCUT2D eigenvalue weighted by molar-refractivity contribution is 5.55. The molecule has 0 aliphatic carbocycles. The summed E-state index contributed by atoms with van der Waals surface area (Å²) in [5.41, 5.74) is 3.19. The molecule has 0 unspecified atom stereocenters. The van der Waals surface area contributed by atoms with Crippen LogP contribution in [0.25, 0.3) is 0 Å². The molecule has 1 aromatic carbocycles. The van der Waals surface area contributed by atoms with Crippen molar-refractivity contribution in [3.63, 3.8) is 0 Å². The molecule has 0 amide bonds. The third-order valence-corrected chi connectivity index (χ3v) is 3.75. The van der Waals surface area contributed by atoms with Crippen LogP contribution in [0.2, 0.25) is 0 Å². The van der Waals surface area contributed by atoms with Crippen LogP contribution < -0.4 is 10.2 Å². The molecule has 0 saturated heterocycles. The Morgan fingerprint density at radius 2 is 1.75 bits per heavy atom. The average Bonchev–Trinajstić information content (AvgIpc) is 2.61. The Hall–Kier alpha value is -2.95. The summed E-state index contributed by atoms with van der Waals surface area (Å²) in [6, 6.07) is 16.0. The van der Waals surface area contributed by atoms with Crippen molar-refractivity contribution in [3.8, 4) is 0 Å². The normalized spacial score (nSPS) is 10.4. The minimum atomic E-state index is 0.618. The smallest absolute Gasteiger partial charge is 0.229 e. The topological polar surface area (TPSA) is 53.9 Å². The van der Waals surface area contributed by atoms with Gasteiger partial charge in [-0.05, 0) is 43.2 Å². The van der Waals surface area contributed by atoms with Crippen molar-refractivity contribution >= 4 is 17.5 Å². The number of rotatable bonds is 6. The molecular weight excluding hydrogens is 298 g/mol. The fraction of sp³-hybridized carbons (Fsp3) is 0.211. The van der Waals surface area contributed by atoms with Gasteiger partial charge in [-0.3, -0.25) is 4.98 Å². The van der Waals surface area contributed by atoms with E-state index >= 15 is 0 Å². The summed E-state index contributed by atoms with van der Waals surface area (Å²) in [5.74, 6) is 1.53. The number of aryl methyl sites for hydroxylation is 1. The third-order valence-electron chi connectivity index (χ3n) is 3.75. The maximum absolute atomic E-state index is 4.63. The Morgan fingerprint density at radius 3 is 2.50 bits per heavy atom. The van der Waals surface area contributed by atoms with Gasteiger partial charge in [0.1, 0.15) is 5.82 Å². The fourth-order valence-electron chi connectivity index (χ4n) is 2.41. The predicted molar refractivity (Wildman–Crippen MR) is 97.7 cm³/mol. The van der Waals surface area contributed by atoms with E-state index in [2.05, 4.69) is 32.2 Å². The number of hydrogen-bond donors (Lipinski definition) is 1. The summed E-state index contributed by atoms with van der Waals surface area (Å²) in [6.45, 7) is 2.86. The minimum absolute atomic E-state index is 0.618. The van der Waals surface area contributed by atoms with Gasteiger partial charge in [0.15, 0.2) is 0 Å². The van der Waals surface area contributed by atoms with E-state index in [4.69, 9.17) is 0 Å². The van der Waals surface area contributed by atoms with Gasteiger partial charge in [-0.15, -0.1) is 0 Å². The second-order valence-electron chi connectivity index (χ2n) is 5.71. The summed E-state index contributed by atoms with van der Waals surface area (Å²) in [4.78, 5) is 15.3. The highest BCUT2D eigenvalue weighted by Gasteiger charge is 2.07. The van der Waals surface area contributed by atoms with Crippen LogP contribution in [-0.2, 0) is 6.42 Å². The van der Waals surface area contributed by atoms with E-state index in [1.54, 1.807) is 0 Å². The SMILES string of the molecule is Cc1cc(N(C)CCc2ccncc2)nc(Nc2ccccc2)n1. The quantitative estimate of drug-likeness (QED) is 0.752. The number of para-hydroxylation sites is 1. The molecule has 3 aromatic rings. The van der Waals surface area contributed by atoms with Crippen LogP contribution in [-0.4, -0.2) is 28.5 Å². The van der Waals surface area contributed by atoms with Crippen molar-refractivity contribution in [2.75, 3.05) is 23.8 Å². The van der Waals surface area contributed by atoms with E-state index in [9.17, 15) is 0 Å². The monoisotopic (exact) mass is 319 g/mol. The van der Waals surface area contributed by atoms with Gasteiger partial charge in [0.05, 0.1) is 0 Å². The summed E-state index contributed by atoms with van der Waals surface area (Å²) < 4.78 is 0. The predicted octanol–water partition coefficient (Wildman–Crippen LogP) is 3.60. The first-order valence-electron chi connectivity index (χ1n) is 7.98. The Kier molecular flexibility index (Phi) is 5.01. The average molecular weight is 319 g/mol. The number of nitrogens with one attached hydrogen (secondary N) is 1. The van der Waals surface area contributed by atoms with E-state index in [1.807, 2.05) is 67.8 Å². The molecular formula is C19H21N5. The molecule has 2 aromatic heterocycles. The standard InChI is InChI=1S/C19H21N5/c1-15-14-18(24(2)13-10-16-8-11-20-12-9-16)23-19(21-15)22-17-6-4-3-5-7-17/h3-9,11-12,14H,10,13H2,1-2H3,(H,21,22,23). The van der Waals surface area contributed by atoms with Gasteiger partial charge < -0.3 is 10.2 Å². The van der Waals surface area contributed by atoms with E-state index in [0.29, 0.717) is 5.95 Å². The summed E-state index contributed by atoms with van der Waals surface area (Å²) in [6.07, 6.45) is 4.60. The van der Waals surface area contributed by atoms with Crippen molar-refractivity contribution in [1.82, 2.24) is 15.0 Å². The van der Waals surface area contributed by atoms with Crippen LogP contribution in [0.1, 0.15) is 11.3 Å². The molecule has 24 heavy (non-hydrogen) atoms. The third kappa shape index (κ3) is 4.29. The van der Waals surface area contributed by atoms with Crippen molar-refractivity contribution in [2.45, 2.75) is 13.3 Å². The number of pyridine rings is 1. The number of benzene rings is 1. The van der Waals surface area contributed by atoms with Crippen LogP contribution in [0.5, 0.6) is 0 Å². The van der Waals surface area contributed by atoms with Crippen LogP contribution in [0.4, 0.5) is 17.5 Å². The van der Waals surface area contributed by atoms with E-state index in [0.717, 1.165) is 30.2 Å². The van der Waals surface area contributed by atoms with Crippen LogP contribution in [0.15, 0.2) is 60.9 Å². The zero-order valence-electron chi connectivity index (χ0n) is 14.0. The van der Waals surface area contributed by atoms with Crippen molar-refractivity contribution < 1.29 is 0 Å². The van der Waals surface area contributed by atoms with E-state index in [-0.39, 0.29) is 0 Å². The highest BCUT2D eigenvalue weighted by Crippen LogP contribution is 2.17. The molecule has 0 bridgehead atoms. The van der Waals surface area contributed by atoms with Crippen LogP contribution in [0, 0.1) is 6.92 Å². The lowest BCUT2D eigenvalue weighted by molar-refractivity contribution is 0.853. The first kappa shape index (κ1) is 15.9. The number of hydrogen-bond acceptors (Lipinski definition) is 5. The van der Waals surface area contributed by atoms with Gasteiger partial charge in [0.25, 0.3) is 0 Å². The molecule has 0 saturated carbocycles. The van der Waals surface area contributed by atoms with Gasteiger partial charge in [0, 0.05) is 43.4 Å². The molecule has 0 spiro atoms. The minimum Gasteiger partial charge on any atom is -0.359 e. The van der Waals surface area contributed by atoms with Gasteiger partial charge >= 0.3 is 0 Å². The molecule has 122 valence electrons. The largest absolute Gasteiger partial charge is 0.359 e. The summed E-state index contributed by atoms with van der Waals surface area (Å²) in [7, 11) is 2.05. The Morgan fingerprint density at radius 1 is 1.00 bits per heavy atom. The molecule has 3 rings (SSSR count). The summed E-state index contributed by atoms with van der Waals surface area (Å²) in [5, 5.41) is 3.26. The maximum Gasteiger partial charge on any atom is 0.229 e. The maximum atomic E-state index is 4.63. The molecule has 0 radical (unpaired) electrons. The Labute approximate surface area is 142 Å². The molecule has 0 atom stereocenters. The molecule has 1 N–H and O–H groups in total. The number of nitrogens with zero attached hydrogens (tertiary/aromatic N) is 4. The van der Waals surface area contributed by atoms with Crippen molar-refractivity contribution in [3.05, 3.63) is 72.2 Å². The molecule has 5 nitrogen and oxygen atoms in total. The number of likely N-dealkylation sites (N-methyl/N-ethyl adjacent to an activating group) is 1. The van der Waals surface area contributed by atoms with Crippen LogP contribution >= 0.6 is 0 Å². The van der Waals surface area contributed by atoms with Gasteiger partial charge in [-0.1, -0.05) is 18.2 Å². The lowest BCUT2D eigenvalue weighted by Crippen LogP contribution is -2.22. The lowest BCUT2D eigenvalue weighted by atomic mass is 10.2.